The Labute approximate surface area is 141 Å². The fourth-order valence-corrected chi connectivity index (χ4v) is 2.84. The largest absolute Gasteiger partial charge is 0.332 e. The van der Waals surface area contributed by atoms with E-state index >= 15 is 0 Å². The molecule has 0 saturated carbocycles. The fraction of sp³-hybridized carbons (Fsp3) is 0.316. The molecule has 1 aliphatic heterocycles. The van der Waals surface area contributed by atoms with Crippen LogP contribution < -0.4 is 4.90 Å². The molecule has 0 aliphatic carbocycles. The first-order chi connectivity index (χ1) is 11.6. The van der Waals surface area contributed by atoms with E-state index in [1.165, 1.54) is 0 Å². The number of benzene rings is 1. The van der Waals surface area contributed by atoms with E-state index in [1.807, 2.05) is 43.3 Å². The van der Waals surface area contributed by atoms with Crippen LogP contribution in [-0.4, -0.2) is 41.3 Å². The van der Waals surface area contributed by atoms with Crippen LogP contribution in [-0.2, 0) is 16.0 Å². The van der Waals surface area contributed by atoms with Crippen LogP contribution in [0.25, 0.3) is 0 Å². The van der Waals surface area contributed by atoms with Crippen molar-refractivity contribution >= 4 is 17.5 Å². The van der Waals surface area contributed by atoms with Crippen LogP contribution in [0, 0.1) is 6.92 Å². The highest BCUT2D eigenvalue weighted by Crippen LogP contribution is 2.18. The Bertz CT molecular complexity index is 713. The van der Waals surface area contributed by atoms with Crippen molar-refractivity contribution in [1.29, 1.82) is 0 Å². The van der Waals surface area contributed by atoms with Crippen molar-refractivity contribution in [3.8, 4) is 0 Å². The number of aryl methyl sites for hydroxylation is 2. The normalized spacial score (nSPS) is 14.8. The molecule has 2 amide bonds. The number of anilines is 1. The Kier molecular flexibility index (Phi) is 4.89. The van der Waals surface area contributed by atoms with Gasteiger partial charge in [0.15, 0.2) is 0 Å². The van der Waals surface area contributed by atoms with Crippen molar-refractivity contribution in [1.82, 2.24) is 9.88 Å². The summed E-state index contributed by atoms with van der Waals surface area (Å²) < 4.78 is 0. The summed E-state index contributed by atoms with van der Waals surface area (Å²) in [6, 6.07) is 11.7. The molecule has 2 aromatic rings. The fourth-order valence-electron chi connectivity index (χ4n) is 2.84. The highest BCUT2D eigenvalue weighted by atomic mass is 16.2. The maximum absolute atomic E-state index is 12.4. The molecule has 0 atom stereocenters. The zero-order chi connectivity index (χ0) is 16.9. The zero-order valence-electron chi connectivity index (χ0n) is 13.8. The van der Waals surface area contributed by atoms with Gasteiger partial charge in [-0.2, -0.15) is 0 Å². The lowest BCUT2D eigenvalue weighted by molar-refractivity contribution is -0.136. The van der Waals surface area contributed by atoms with Crippen molar-refractivity contribution < 1.29 is 9.59 Å². The van der Waals surface area contributed by atoms with Crippen LogP contribution in [0.4, 0.5) is 5.69 Å². The van der Waals surface area contributed by atoms with Gasteiger partial charge in [0, 0.05) is 37.6 Å². The summed E-state index contributed by atoms with van der Waals surface area (Å²) >= 11 is 0. The molecule has 1 fully saturated rings. The maximum atomic E-state index is 12.4. The van der Waals surface area contributed by atoms with Crippen LogP contribution in [0.1, 0.15) is 17.5 Å². The van der Waals surface area contributed by atoms with Gasteiger partial charge in [-0.3, -0.25) is 14.6 Å². The molecule has 0 N–H and O–H groups in total. The summed E-state index contributed by atoms with van der Waals surface area (Å²) in [5, 5.41) is 0. The van der Waals surface area contributed by atoms with Crippen LogP contribution in [0.2, 0.25) is 0 Å². The minimum atomic E-state index is -0.0256. The van der Waals surface area contributed by atoms with Gasteiger partial charge in [0.2, 0.25) is 11.8 Å². The Morgan fingerprint density at radius 1 is 1.08 bits per heavy atom. The molecular formula is C19H21N3O2. The van der Waals surface area contributed by atoms with Crippen molar-refractivity contribution in [2.45, 2.75) is 19.8 Å². The third-order valence-corrected chi connectivity index (χ3v) is 4.30. The third kappa shape index (κ3) is 3.79. The van der Waals surface area contributed by atoms with E-state index in [9.17, 15) is 9.59 Å². The van der Waals surface area contributed by atoms with Gasteiger partial charge in [0.25, 0.3) is 0 Å². The van der Waals surface area contributed by atoms with Crippen molar-refractivity contribution in [3.63, 3.8) is 0 Å². The number of rotatable bonds is 4. The van der Waals surface area contributed by atoms with E-state index < -0.39 is 0 Å². The highest BCUT2D eigenvalue weighted by molar-refractivity contribution is 5.97. The van der Waals surface area contributed by atoms with Crippen molar-refractivity contribution in [2.24, 2.45) is 0 Å². The molecule has 3 rings (SSSR count). The minimum absolute atomic E-state index is 0.0256. The number of hydrogen-bond donors (Lipinski definition) is 0. The van der Waals surface area contributed by atoms with Crippen LogP contribution in [0.3, 0.4) is 0 Å². The van der Waals surface area contributed by atoms with Gasteiger partial charge < -0.3 is 9.80 Å². The second-order valence-corrected chi connectivity index (χ2v) is 6.05. The number of piperazine rings is 1. The molecule has 1 aliphatic rings. The first-order valence-electron chi connectivity index (χ1n) is 8.17. The van der Waals surface area contributed by atoms with Crippen molar-refractivity contribution in [3.05, 3.63) is 59.9 Å². The van der Waals surface area contributed by atoms with Gasteiger partial charge in [-0.15, -0.1) is 0 Å². The monoisotopic (exact) mass is 323 g/mol. The number of carbonyl (C=O) groups excluding carboxylic acids is 2. The number of pyridine rings is 1. The number of carbonyl (C=O) groups is 2. The molecule has 5 heteroatoms. The van der Waals surface area contributed by atoms with E-state index in [-0.39, 0.29) is 18.4 Å². The Morgan fingerprint density at radius 2 is 1.79 bits per heavy atom. The SMILES string of the molecule is Cc1ccc(N2CCN(C(=O)CCc3ccncc3)CC2=O)cc1. The summed E-state index contributed by atoms with van der Waals surface area (Å²) in [4.78, 5) is 32.1. The first-order valence-corrected chi connectivity index (χ1v) is 8.17. The summed E-state index contributed by atoms with van der Waals surface area (Å²) in [5.41, 5.74) is 3.15. The highest BCUT2D eigenvalue weighted by Gasteiger charge is 2.27. The molecule has 1 saturated heterocycles. The van der Waals surface area contributed by atoms with E-state index in [0.717, 1.165) is 16.8 Å². The minimum Gasteiger partial charge on any atom is -0.332 e. The van der Waals surface area contributed by atoms with Crippen LogP contribution in [0.15, 0.2) is 48.8 Å². The lowest BCUT2D eigenvalue weighted by Crippen LogP contribution is -2.52. The second kappa shape index (κ2) is 7.25. The molecule has 0 bridgehead atoms. The molecule has 0 spiro atoms. The van der Waals surface area contributed by atoms with Crippen LogP contribution >= 0.6 is 0 Å². The number of amides is 2. The molecule has 1 aromatic carbocycles. The summed E-state index contributed by atoms with van der Waals surface area (Å²) in [5.74, 6) is 0.00563. The maximum Gasteiger partial charge on any atom is 0.246 e. The zero-order valence-corrected chi connectivity index (χ0v) is 13.8. The van der Waals surface area contributed by atoms with E-state index in [2.05, 4.69) is 4.98 Å². The Hall–Kier alpha value is -2.69. The Morgan fingerprint density at radius 3 is 2.46 bits per heavy atom. The third-order valence-electron chi connectivity index (χ3n) is 4.30. The number of nitrogens with zero attached hydrogens (tertiary/aromatic N) is 3. The number of hydrogen-bond acceptors (Lipinski definition) is 3. The van der Waals surface area contributed by atoms with Crippen molar-refractivity contribution in [2.75, 3.05) is 24.5 Å². The average molecular weight is 323 g/mol. The molecule has 1 aromatic heterocycles. The Balaban J connectivity index is 1.55. The quantitative estimate of drug-likeness (QED) is 0.867. The lowest BCUT2D eigenvalue weighted by atomic mass is 10.1. The topological polar surface area (TPSA) is 53.5 Å². The van der Waals surface area contributed by atoms with Gasteiger partial charge in [0.1, 0.15) is 6.54 Å². The van der Waals surface area contributed by atoms with Gasteiger partial charge in [0.05, 0.1) is 0 Å². The van der Waals surface area contributed by atoms with Gasteiger partial charge in [-0.25, -0.2) is 0 Å². The van der Waals surface area contributed by atoms with Crippen LogP contribution in [0.5, 0.6) is 0 Å². The van der Waals surface area contributed by atoms with E-state index in [4.69, 9.17) is 0 Å². The summed E-state index contributed by atoms with van der Waals surface area (Å²) in [6.45, 7) is 3.30. The molecule has 0 radical (unpaired) electrons. The van der Waals surface area contributed by atoms with Gasteiger partial charge >= 0.3 is 0 Å². The smallest absolute Gasteiger partial charge is 0.246 e. The molecule has 124 valence electrons. The summed E-state index contributed by atoms with van der Waals surface area (Å²) in [6.07, 6.45) is 4.54. The average Bonchev–Trinajstić information content (AvgIpc) is 2.61. The number of aromatic nitrogens is 1. The first kappa shape index (κ1) is 16.2. The van der Waals surface area contributed by atoms with E-state index in [0.29, 0.717) is 25.9 Å². The standard InChI is InChI=1S/C19H21N3O2/c1-15-2-5-17(6-3-15)22-13-12-21(14-19(22)24)18(23)7-4-16-8-10-20-11-9-16/h2-3,5-6,8-11H,4,7,12-14H2,1H3. The molecule has 2 heterocycles. The van der Waals surface area contributed by atoms with Gasteiger partial charge in [-0.1, -0.05) is 17.7 Å². The van der Waals surface area contributed by atoms with E-state index in [1.54, 1.807) is 22.2 Å². The molecular weight excluding hydrogens is 302 g/mol. The predicted octanol–water partition coefficient (Wildman–Crippen LogP) is 2.20. The molecule has 0 unspecified atom stereocenters. The second-order valence-electron chi connectivity index (χ2n) is 6.05. The predicted molar refractivity (Wildman–Crippen MR) is 92.7 cm³/mol. The van der Waals surface area contributed by atoms with Gasteiger partial charge in [-0.05, 0) is 43.2 Å². The lowest BCUT2D eigenvalue weighted by Gasteiger charge is -2.34. The molecule has 24 heavy (non-hydrogen) atoms. The molecule has 5 nitrogen and oxygen atoms in total. The summed E-state index contributed by atoms with van der Waals surface area (Å²) in [7, 11) is 0.